The molecule has 0 saturated heterocycles. The molecule has 4 nitrogen and oxygen atoms in total. The quantitative estimate of drug-likeness (QED) is 0.296. The number of fused-ring (bicyclic) bond motifs is 2. The molecule has 2 aromatic carbocycles. The lowest BCUT2D eigenvalue weighted by atomic mass is 10.2. The van der Waals surface area contributed by atoms with Gasteiger partial charge in [0, 0.05) is 17.7 Å². The van der Waals surface area contributed by atoms with Crippen molar-refractivity contribution in [3.8, 4) is 0 Å². The van der Waals surface area contributed by atoms with E-state index in [2.05, 4.69) is 15.9 Å². The van der Waals surface area contributed by atoms with Crippen LogP contribution in [0.1, 0.15) is 28.0 Å². The number of alkyl halides is 1. The van der Waals surface area contributed by atoms with E-state index < -0.39 is 11.6 Å². The van der Waals surface area contributed by atoms with Crippen LogP contribution in [0.4, 0.5) is 8.78 Å². The number of hydrogen-bond acceptors (Lipinski definition) is 4. The fourth-order valence-electron chi connectivity index (χ4n) is 2.43. The lowest BCUT2D eigenvalue weighted by Crippen LogP contribution is -1.96. The third-order valence-corrected chi connectivity index (χ3v) is 4.24. The molecular weight excluding hydrogens is 422 g/mol. The highest BCUT2D eigenvalue weighted by Gasteiger charge is 2.13. The highest BCUT2D eigenvalue weighted by Crippen LogP contribution is 2.23. The molecule has 0 N–H and O–H groups in total. The first-order valence-corrected chi connectivity index (χ1v) is 8.99. The van der Waals surface area contributed by atoms with Crippen LogP contribution in [0, 0.1) is 11.6 Å². The molecular formula is C20H13BrF2O4. The van der Waals surface area contributed by atoms with Gasteiger partial charge in [-0.2, -0.15) is 0 Å². The van der Waals surface area contributed by atoms with Crippen LogP contribution in [0.25, 0.3) is 21.9 Å². The molecule has 0 aliphatic rings. The summed E-state index contributed by atoms with van der Waals surface area (Å²) in [5.41, 5.74) is 0.282. The number of furan rings is 2. The third-order valence-electron chi connectivity index (χ3n) is 3.74. The zero-order chi connectivity index (χ0) is 19.6. The average molecular weight is 435 g/mol. The number of para-hydroxylation sites is 2. The molecule has 138 valence electrons. The molecule has 0 aliphatic heterocycles. The Labute approximate surface area is 160 Å². The molecule has 0 aliphatic carbocycles. The first kappa shape index (κ1) is 19.0. The molecule has 0 radical (unpaired) electrons. The number of rotatable bonds is 3. The van der Waals surface area contributed by atoms with Crippen LogP contribution in [0.15, 0.2) is 57.4 Å². The van der Waals surface area contributed by atoms with Gasteiger partial charge < -0.3 is 8.83 Å². The molecule has 2 aromatic heterocycles. The van der Waals surface area contributed by atoms with E-state index in [0.29, 0.717) is 10.8 Å². The van der Waals surface area contributed by atoms with Crippen LogP contribution >= 0.6 is 15.9 Å². The molecule has 0 atom stereocenters. The lowest BCUT2D eigenvalue weighted by Gasteiger charge is -1.89. The number of hydrogen-bond donors (Lipinski definition) is 0. The molecule has 0 fully saturated rings. The van der Waals surface area contributed by atoms with Crippen molar-refractivity contribution < 1.29 is 27.2 Å². The zero-order valence-corrected chi connectivity index (χ0v) is 15.7. The van der Waals surface area contributed by atoms with Gasteiger partial charge in [-0.25, -0.2) is 8.78 Å². The van der Waals surface area contributed by atoms with E-state index in [-0.39, 0.29) is 39.6 Å². The van der Waals surface area contributed by atoms with E-state index in [9.17, 15) is 18.4 Å². The smallest absolute Gasteiger partial charge is 0.208 e. The summed E-state index contributed by atoms with van der Waals surface area (Å²) in [5.74, 6) is -0.903. The normalized spacial score (nSPS) is 10.7. The van der Waals surface area contributed by atoms with Crippen molar-refractivity contribution in [2.75, 3.05) is 5.33 Å². The fraction of sp³-hybridized carbons (Fsp3) is 0.100. The van der Waals surface area contributed by atoms with Crippen molar-refractivity contribution >= 4 is 49.4 Å². The van der Waals surface area contributed by atoms with Gasteiger partial charge in [-0.1, -0.05) is 40.2 Å². The molecule has 4 rings (SSSR count). The fourth-order valence-corrected chi connectivity index (χ4v) is 2.71. The van der Waals surface area contributed by atoms with Gasteiger partial charge in [-0.05, 0) is 24.3 Å². The highest BCUT2D eigenvalue weighted by atomic mass is 79.9. The summed E-state index contributed by atoms with van der Waals surface area (Å²) in [6.07, 6.45) is 0. The minimum absolute atomic E-state index is 0.136. The Hall–Kier alpha value is -2.80. The number of Topliss-reactive ketones (excluding diaryl/α,β-unsaturated/α-hetero) is 2. The van der Waals surface area contributed by atoms with Crippen LogP contribution in [0.2, 0.25) is 0 Å². The van der Waals surface area contributed by atoms with Crippen LogP contribution in [-0.2, 0) is 0 Å². The summed E-state index contributed by atoms with van der Waals surface area (Å²) < 4.78 is 36.3. The first-order valence-electron chi connectivity index (χ1n) is 7.87. The van der Waals surface area contributed by atoms with E-state index in [0.717, 1.165) is 0 Å². The van der Waals surface area contributed by atoms with Crippen LogP contribution in [-0.4, -0.2) is 16.9 Å². The predicted molar refractivity (Wildman–Crippen MR) is 100 cm³/mol. The standard InChI is InChI=1S/C10H6BrFO2.C10H7FO2/c11-5-8(13)9-4-6-2-1-3-7(12)10(6)14-9;1-6(12)9-5-7-3-2-4-8(11)10(7)13-9/h1-4H,5H2;2-5H,1H3. The maximum absolute atomic E-state index is 13.2. The average Bonchev–Trinajstić information content (AvgIpc) is 3.27. The van der Waals surface area contributed by atoms with E-state index in [4.69, 9.17) is 8.83 Å². The molecule has 0 amide bonds. The highest BCUT2D eigenvalue weighted by molar-refractivity contribution is 9.09. The van der Waals surface area contributed by atoms with Crippen LogP contribution in [0.5, 0.6) is 0 Å². The Morgan fingerprint density at radius 1 is 0.889 bits per heavy atom. The summed E-state index contributed by atoms with van der Waals surface area (Å²) in [6, 6.07) is 12.3. The predicted octanol–water partition coefficient (Wildman–Crippen LogP) is 5.92. The van der Waals surface area contributed by atoms with Gasteiger partial charge in [0.1, 0.15) is 0 Å². The van der Waals surface area contributed by atoms with Crippen LogP contribution < -0.4 is 0 Å². The summed E-state index contributed by atoms with van der Waals surface area (Å²) in [5, 5.41) is 1.40. The minimum Gasteiger partial charge on any atom is -0.450 e. The Kier molecular flexibility index (Phi) is 5.51. The Balaban J connectivity index is 0.000000156. The SMILES string of the molecule is CC(=O)c1cc2cccc(F)c2o1.O=C(CBr)c1cc2cccc(F)c2o1. The second kappa shape index (κ2) is 7.84. The molecule has 4 aromatic rings. The summed E-state index contributed by atoms with van der Waals surface area (Å²) in [6.45, 7) is 1.38. The number of halogens is 3. The third kappa shape index (κ3) is 3.98. The van der Waals surface area contributed by atoms with E-state index in [1.54, 1.807) is 36.4 Å². The van der Waals surface area contributed by atoms with Crippen molar-refractivity contribution in [3.63, 3.8) is 0 Å². The van der Waals surface area contributed by atoms with Gasteiger partial charge in [0.25, 0.3) is 0 Å². The van der Waals surface area contributed by atoms with Crippen molar-refractivity contribution in [2.45, 2.75) is 6.92 Å². The second-order valence-corrected chi connectivity index (χ2v) is 6.21. The van der Waals surface area contributed by atoms with E-state index in [1.165, 1.54) is 19.1 Å². The Bertz CT molecular complexity index is 1140. The molecule has 0 unspecified atom stereocenters. The van der Waals surface area contributed by atoms with Crippen molar-refractivity contribution in [1.29, 1.82) is 0 Å². The van der Waals surface area contributed by atoms with Gasteiger partial charge in [-0.15, -0.1) is 0 Å². The first-order chi connectivity index (χ1) is 12.9. The zero-order valence-electron chi connectivity index (χ0n) is 14.1. The topological polar surface area (TPSA) is 60.4 Å². The van der Waals surface area contributed by atoms with Crippen molar-refractivity contribution in [1.82, 2.24) is 0 Å². The van der Waals surface area contributed by atoms with Gasteiger partial charge in [0.15, 0.2) is 40.1 Å². The summed E-state index contributed by atoms with van der Waals surface area (Å²) in [7, 11) is 0. The van der Waals surface area contributed by atoms with Crippen LogP contribution in [0.3, 0.4) is 0 Å². The van der Waals surface area contributed by atoms with Gasteiger partial charge in [0.05, 0.1) is 5.33 Å². The molecule has 27 heavy (non-hydrogen) atoms. The molecule has 0 spiro atoms. The molecule has 2 heterocycles. The van der Waals surface area contributed by atoms with E-state index >= 15 is 0 Å². The second-order valence-electron chi connectivity index (χ2n) is 5.65. The monoisotopic (exact) mass is 434 g/mol. The minimum atomic E-state index is -0.448. The Morgan fingerprint density at radius 3 is 1.81 bits per heavy atom. The molecule has 0 saturated carbocycles. The lowest BCUT2D eigenvalue weighted by molar-refractivity contribution is 0.0984. The maximum atomic E-state index is 13.2. The van der Waals surface area contributed by atoms with Gasteiger partial charge in [0.2, 0.25) is 5.78 Å². The maximum Gasteiger partial charge on any atom is 0.208 e. The number of carbonyl (C=O) groups excluding carboxylic acids is 2. The summed E-state index contributed by atoms with van der Waals surface area (Å²) >= 11 is 3.02. The number of carbonyl (C=O) groups is 2. The van der Waals surface area contributed by atoms with Gasteiger partial charge >= 0.3 is 0 Å². The van der Waals surface area contributed by atoms with Crippen molar-refractivity contribution in [3.05, 3.63) is 71.7 Å². The molecule has 7 heteroatoms. The number of ketones is 2. The largest absolute Gasteiger partial charge is 0.450 e. The number of benzene rings is 2. The molecule has 0 bridgehead atoms. The Morgan fingerprint density at radius 2 is 1.37 bits per heavy atom. The summed E-state index contributed by atoms with van der Waals surface area (Å²) in [4.78, 5) is 22.1. The van der Waals surface area contributed by atoms with E-state index in [1.807, 2.05) is 0 Å². The van der Waals surface area contributed by atoms with Crippen molar-refractivity contribution in [2.24, 2.45) is 0 Å². The van der Waals surface area contributed by atoms with Gasteiger partial charge in [-0.3, -0.25) is 9.59 Å².